The van der Waals surface area contributed by atoms with Crippen molar-refractivity contribution in [3.63, 3.8) is 0 Å². The van der Waals surface area contributed by atoms with Crippen LogP contribution in [-0.4, -0.2) is 41.0 Å². The zero-order chi connectivity index (χ0) is 12.8. The number of nitrogens with zero attached hydrogens (tertiary/aromatic N) is 1. The topological polar surface area (TPSA) is 83.6 Å². The maximum Gasteiger partial charge on any atom is 0.303 e. The van der Waals surface area contributed by atoms with Gasteiger partial charge in [-0.1, -0.05) is 6.92 Å². The number of carboxylic acid groups (broad SMARTS) is 1. The summed E-state index contributed by atoms with van der Waals surface area (Å²) in [4.78, 5) is 24.1. The molecule has 5 heteroatoms. The van der Waals surface area contributed by atoms with Gasteiger partial charge in [-0.05, 0) is 31.6 Å². The fourth-order valence-electron chi connectivity index (χ4n) is 2.18. The molecule has 1 aliphatic rings. The minimum absolute atomic E-state index is 0.0317. The molecule has 0 aliphatic carbocycles. The number of aliphatic carboxylic acids is 1. The normalized spacial score (nSPS) is 19.1. The third-order valence-electron chi connectivity index (χ3n) is 3.45. The van der Waals surface area contributed by atoms with Gasteiger partial charge in [0.2, 0.25) is 5.91 Å². The summed E-state index contributed by atoms with van der Waals surface area (Å²) in [5.41, 5.74) is 5.71. The highest BCUT2D eigenvalue weighted by Gasteiger charge is 2.25. The molecule has 1 rings (SSSR count). The predicted molar refractivity (Wildman–Crippen MR) is 64.4 cm³/mol. The van der Waals surface area contributed by atoms with E-state index in [2.05, 4.69) is 0 Å². The molecule has 98 valence electrons. The molecule has 1 atom stereocenters. The van der Waals surface area contributed by atoms with Crippen LogP contribution < -0.4 is 5.73 Å². The first-order valence-corrected chi connectivity index (χ1v) is 6.30. The molecule has 0 unspecified atom stereocenters. The summed E-state index contributed by atoms with van der Waals surface area (Å²) in [7, 11) is 0. The molecule has 0 radical (unpaired) electrons. The standard InChI is InChI=1S/C12H22N2O3/c1-2-10(13)12(17)14-7-5-9(6-8-14)3-4-11(15)16/h9-10H,2-8,13H2,1H3,(H,15,16)/t10-/m0/s1. The van der Waals surface area contributed by atoms with Gasteiger partial charge >= 0.3 is 5.97 Å². The second kappa shape index (κ2) is 6.59. The van der Waals surface area contributed by atoms with E-state index in [0.29, 0.717) is 12.3 Å². The molecule has 1 aliphatic heterocycles. The van der Waals surface area contributed by atoms with Crippen LogP contribution >= 0.6 is 0 Å². The van der Waals surface area contributed by atoms with E-state index < -0.39 is 5.97 Å². The van der Waals surface area contributed by atoms with Crippen molar-refractivity contribution in [2.45, 2.75) is 45.1 Å². The summed E-state index contributed by atoms with van der Waals surface area (Å²) in [5.74, 6) is -0.270. The van der Waals surface area contributed by atoms with Gasteiger partial charge in [-0.25, -0.2) is 0 Å². The van der Waals surface area contributed by atoms with E-state index in [4.69, 9.17) is 10.8 Å². The second-order valence-corrected chi connectivity index (χ2v) is 4.72. The van der Waals surface area contributed by atoms with E-state index in [-0.39, 0.29) is 18.4 Å². The van der Waals surface area contributed by atoms with Crippen LogP contribution in [0.1, 0.15) is 39.0 Å². The highest BCUT2D eigenvalue weighted by atomic mass is 16.4. The number of nitrogens with two attached hydrogens (primary N) is 1. The molecule has 17 heavy (non-hydrogen) atoms. The molecule has 1 fully saturated rings. The van der Waals surface area contributed by atoms with Crippen LogP contribution in [0.2, 0.25) is 0 Å². The van der Waals surface area contributed by atoms with Crippen LogP contribution in [0, 0.1) is 5.92 Å². The molecule has 1 saturated heterocycles. The number of carbonyl (C=O) groups excluding carboxylic acids is 1. The van der Waals surface area contributed by atoms with Gasteiger partial charge in [-0.2, -0.15) is 0 Å². The Hall–Kier alpha value is -1.10. The van der Waals surface area contributed by atoms with Crippen molar-refractivity contribution in [3.05, 3.63) is 0 Å². The van der Waals surface area contributed by atoms with Crippen molar-refractivity contribution in [2.75, 3.05) is 13.1 Å². The SMILES string of the molecule is CC[C@H](N)C(=O)N1CCC(CCC(=O)O)CC1. The molecule has 0 bridgehead atoms. The Morgan fingerprint density at radius 1 is 1.41 bits per heavy atom. The minimum Gasteiger partial charge on any atom is -0.481 e. The third kappa shape index (κ3) is 4.34. The predicted octanol–water partition coefficient (Wildman–Crippen LogP) is 0.827. The van der Waals surface area contributed by atoms with E-state index in [0.717, 1.165) is 32.4 Å². The Kier molecular flexibility index (Phi) is 5.41. The van der Waals surface area contributed by atoms with Gasteiger partial charge in [0.1, 0.15) is 0 Å². The zero-order valence-corrected chi connectivity index (χ0v) is 10.4. The van der Waals surface area contributed by atoms with Crippen molar-refractivity contribution in [2.24, 2.45) is 11.7 Å². The smallest absolute Gasteiger partial charge is 0.303 e. The number of carboxylic acids is 1. The highest BCUT2D eigenvalue weighted by Crippen LogP contribution is 2.22. The summed E-state index contributed by atoms with van der Waals surface area (Å²) in [6.45, 7) is 3.34. The van der Waals surface area contributed by atoms with Crippen molar-refractivity contribution in [3.8, 4) is 0 Å². The molecule has 3 N–H and O–H groups in total. The lowest BCUT2D eigenvalue weighted by Crippen LogP contribution is -2.46. The van der Waals surface area contributed by atoms with Crippen LogP contribution in [-0.2, 0) is 9.59 Å². The fourth-order valence-corrected chi connectivity index (χ4v) is 2.18. The molecule has 1 amide bonds. The number of rotatable bonds is 5. The van der Waals surface area contributed by atoms with E-state index in [1.54, 1.807) is 0 Å². The average Bonchev–Trinajstić information content (AvgIpc) is 2.35. The van der Waals surface area contributed by atoms with E-state index >= 15 is 0 Å². The van der Waals surface area contributed by atoms with Gasteiger partial charge in [-0.15, -0.1) is 0 Å². The second-order valence-electron chi connectivity index (χ2n) is 4.72. The molecule has 5 nitrogen and oxygen atoms in total. The monoisotopic (exact) mass is 242 g/mol. The summed E-state index contributed by atoms with van der Waals surface area (Å²) >= 11 is 0. The van der Waals surface area contributed by atoms with E-state index in [1.807, 2.05) is 11.8 Å². The first-order valence-electron chi connectivity index (χ1n) is 6.30. The fraction of sp³-hybridized carbons (Fsp3) is 0.833. The van der Waals surface area contributed by atoms with E-state index in [1.165, 1.54) is 0 Å². The van der Waals surface area contributed by atoms with Crippen molar-refractivity contribution < 1.29 is 14.7 Å². The van der Waals surface area contributed by atoms with Gasteiger partial charge in [0.15, 0.2) is 0 Å². The lowest BCUT2D eigenvalue weighted by atomic mass is 9.92. The first-order chi connectivity index (χ1) is 8.04. The molecule has 0 aromatic heterocycles. The van der Waals surface area contributed by atoms with Crippen LogP contribution in [0.5, 0.6) is 0 Å². The van der Waals surface area contributed by atoms with Crippen LogP contribution in [0.15, 0.2) is 0 Å². The quantitative estimate of drug-likeness (QED) is 0.748. The summed E-state index contributed by atoms with van der Waals surface area (Å²) in [6, 6.07) is -0.384. The largest absolute Gasteiger partial charge is 0.481 e. The van der Waals surface area contributed by atoms with Crippen LogP contribution in [0.25, 0.3) is 0 Å². The Labute approximate surface area is 102 Å². The van der Waals surface area contributed by atoms with Gasteiger partial charge in [0, 0.05) is 19.5 Å². The van der Waals surface area contributed by atoms with Crippen LogP contribution in [0.4, 0.5) is 0 Å². The molecule has 0 spiro atoms. The van der Waals surface area contributed by atoms with Gasteiger partial charge < -0.3 is 15.7 Å². The van der Waals surface area contributed by atoms with Crippen molar-refractivity contribution >= 4 is 11.9 Å². The number of likely N-dealkylation sites (tertiary alicyclic amines) is 1. The molecule has 0 aromatic carbocycles. The maximum absolute atomic E-state index is 11.8. The lowest BCUT2D eigenvalue weighted by Gasteiger charge is -2.33. The van der Waals surface area contributed by atoms with Crippen molar-refractivity contribution in [1.29, 1.82) is 0 Å². The third-order valence-corrected chi connectivity index (χ3v) is 3.45. The van der Waals surface area contributed by atoms with Crippen LogP contribution in [0.3, 0.4) is 0 Å². The lowest BCUT2D eigenvalue weighted by molar-refractivity contribution is -0.138. The first kappa shape index (κ1) is 14.0. The molecular weight excluding hydrogens is 220 g/mol. The Balaban J connectivity index is 2.30. The molecular formula is C12H22N2O3. The highest BCUT2D eigenvalue weighted by molar-refractivity contribution is 5.81. The molecule has 0 saturated carbocycles. The number of hydrogen-bond donors (Lipinski definition) is 2. The molecule has 0 aromatic rings. The number of amides is 1. The van der Waals surface area contributed by atoms with Gasteiger partial charge in [0.25, 0.3) is 0 Å². The number of piperidine rings is 1. The summed E-state index contributed by atoms with van der Waals surface area (Å²) in [5, 5.41) is 8.61. The zero-order valence-electron chi connectivity index (χ0n) is 10.4. The van der Waals surface area contributed by atoms with Crippen molar-refractivity contribution in [1.82, 2.24) is 4.90 Å². The Morgan fingerprint density at radius 3 is 2.47 bits per heavy atom. The van der Waals surface area contributed by atoms with Gasteiger partial charge in [0.05, 0.1) is 6.04 Å². The Bertz CT molecular complexity index is 273. The number of carbonyl (C=O) groups is 2. The minimum atomic E-state index is -0.739. The maximum atomic E-state index is 11.8. The Morgan fingerprint density at radius 2 is 2.00 bits per heavy atom. The number of hydrogen-bond acceptors (Lipinski definition) is 3. The molecule has 1 heterocycles. The van der Waals surface area contributed by atoms with E-state index in [9.17, 15) is 9.59 Å². The average molecular weight is 242 g/mol. The summed E-state index contributed by atoms with van der Waals surface area (Å²) < 4.78 is 0. The van der Waals surface area contributed by atoms with Gasteiger partial charge in [-0.3, -0.25) is 9.59 Å². The summed E-state index contributed by atoms with van der Waals surface area (Å²) in [6.07, 6.45) is 3.41.